The van der Waals surface area contributed by atoms with Gasteiger partial charge in [-0.1, -0.05) is 0 Å². The second-order valence-corrected chi connectivity index (χ2v) is 7.57. The molecule has 0 bridgehead atoms. The minimum Gasteiger partial charge on any atom is -0.380 e. The quantitative estimate of drug-likeness (QED) is 0.734. The van der Waals surface area contributed by atoms with Gasteiger partial charge in [0.15, 0.2) is 12.2 Å². The van der Waals surface area contributed by atoms with Crippen LogP contribution in [0.3, 0.4) is 0 Å². The Hall–Kier alpha value is -3.74. The summed E-state index contributed by atoms with van der Waals surface area (Å²) in [5.41, 5.74) is 2.19. The monoisotopic (exact) mass is 434 g/mol. The molecule has 0 aromatic heterocycles. The largest absolute Gasteiger partial charge is 0.380 e. The van der Waals surface area contributed by atoms with E-state index in [4.69, 9.17) is 10.00 Å². The highest BCUT2D eigenvalue weighted by atomic mass is 16.5. The molecule has 2 aromatic carbocycles. The summed E-state index contributed by atoms with van der Waals surface area (Å²) in [6.07, 6.45) is -1.69. The van der Waals surface area contributed by atoms with Gasteiger partial charge >= 0.3 is 0 Å². The van der Waals surface area contributed by atoms with E-state index >= 15 is 0 Å². The van der Waals surface area contributed by atoms with Gasteiger partial charge in [0.25, 0.3) is 11.8 Å². The summed E-state index contributed by atoms with van der Waals surface area (Å²) in [5, 5.41) is 21.8. The SMILES string of the molecule is N#Cc1ccc(NC(=O)[C@H](O)[C@H]2OCCN(c3ccc(N4CCCC4=O)cc3)C2=O)cc1. The molecule has 32 heavy (non-hydrogen) atoms. The van der Waals surface area contributed by atoms with Gasteiger partial charge in [-0.25, -0.2) is 0 Å². The first kappa shape index (κ1) is 21.5. The van der Waals surface area contributed by atoms with Crippen LogP contribution in [0, 0.1) is 11.3 Å². The maximum atomic E-state index is 13.0. The second-order valence-electron chi connectivity index (χ2n) is 7.57. The average molecular weight is 434 g/mol. The van der Waals surface area contributed by atoms with Crippen molar-refractivity contribution in [2.45, 2.75) is 25.0 Å². The molecule has 2 fully saturated rings. The molecule has 2 aliphatic heterocycles. The van der Waals surface area contributed by atoms with Crippen LogP contribution in [0.25, 0.3) is 0 Å². The predicted molar refractivity (Wildman–Crippen MR) is 116 cm³/mol. The number of carbonyl (C=O) groups excluding carboxylic acids is 3. The normalized spacial score (nSPS) is 19.6. The lowest BCUT2D eigenvalue weighted by atomic mass is 10.1. The number of nitrogens with one attached hydrogen (secondary N) is 1. The van der Waals surface area contributed by atoms with Crippen LogP contribution in [0.1, 0.15) is 18.4 Å². The Bertz CT molecular complexity index is 1060. The fourth-order valence-electron chi connectivity index (χ4n) is 3.80. The standard InChI is InChI=1S/C23H22N4O5/c24-14-15-3-5-16(6-4-15)25-22(30)20(29)21-23(31)27(12-13-32-21)18-9-7-17(8-10-18)26-11-1-2-19(26)28/h3-10,20-21,29H,1-2,11-13H2,(H,25,30)/t20-,21-/m1/s1. The van der Waals surface area contributed by atoms with Crippen LogP contribution in [-0.4, -0.2) is 54.7 Å². The maximum Gasteiger partial charge on any atom is 0.259 e. The van der Waals surface area contributed by atoms with Crippen molar-refractivity contribution in [3.63, 3.8) is 0 Å². The Labute approximate surface area is 184 Å². The zero-order chi connectivity index (χ0) is 22.7. The van der Waals surface area contributed by atoms with E-state index in [-0.39, 0.29) is 19.1 Å². The van der Waals surface area contributed by atoms with Gasteiger partial charge in [0.05, 0.1) is 18.2 Å². The maximum absolute atomic E-state index is 13.0. The van der Waals surface area contributed by atoms with E-state index in [0.717, 1.165) is 12.1 Å². The van der Waals surface area contributed by atoms with Crippen molar-refractivity contribution in [1.29, 1.82) is 5.26 Å². The predicted octanol–water partition coefficient (Wildman–Crippen LogP) is 1.42. The van der Waals surface area contributed by atoms with E-state index in [2.05, 4.69) is 5.32 Å². The van der Waals surface area contributed by atoms with Gasteiger partial charge in [0.1, 0.15) is 0 Å². The van der Waals surface area contributed by atoms with Crippen LogP contribution >= 0.6 is 0 Å². The highest BCUT2D eigenvalue weighted by molar-refractivity contribution is 6.04. The molecule has 2 N–H and O–H groups in total. The van der Waals surface area contributed by atoms with E-state index < -0.39 is 24.0 Å². The number of hydrogen-bond acceptors (Lipinski definition) is 6. The number of aliphatic hydroxyl groups is 1. The fourth-order valence-corrected chi connectivity index (χ4v) is 3.80. The number of rotatable bonds is 5. The highest BCUT2D eigenvalue weighted by Crippen LogP contribution is 2.26. The third kappa shape index (κ3) is 4.32. The Morgan fingerprint density at radius 3 is 2.31 bits per heavy atom. The van der Waals surface area contributed by atoms with E-state index in [1.807, 2.05) is 6.07 Å². The lowest BCUT2D eigenvalue weighted by Gasteiger charge is -2.34. The van der Waals surface area contributed by atoms with Gasteiger partial charge in [0, 0.05) is 36.6 Å². The van der Waals surface area contributed by atoms with Crippen LogP contribution in [0.4, 0.5) is 17.1 Å². The molecule has 0 spiro atoms. The number of anilines is 3. The second kappa shape index (κ2) is 9.18. The number of morpholine rings is 1. The lowest BCUT2D eigenvalue weighted by molar-refractivity contribution is -0.150. The molecular formula is C23H22N4O5. The Morgan fingerprint density at radius 2 is 1.72 bits per heavy atom. The van der Waals surface area contributed by atoms with E-state index in [1.165, 1.54) is 29.2 Å². The summed E-state index contributed by atoms with van der Waals surface area (Å²) in [7, 11) is 0. The number of nitrogens with zero attached hydrogens (tertiary/aromatic N) is 3. The van der Waals surface area contributed by atoms with Crippen LogP contribution in [-0.2, 0) is 19.1 Å². The van der Waals surface area contributed by atoms with E-state index in [0.29, 0.717) is 29.9 Å². The van der Waals surface area contributed by atoms with Crippen molar-refractivity contribution in [3.05, 3.63) is 54.1 Å². The zero-order valence-electron chi connectivity index (χ0n) is 17.2. The van der Waals surface area contributed by atoms with Crippen molar-refractivity contribution < 1.29 is 24.2 Å². The molecule has 0 aliphatic carbocycles. The molecule has 2 atom stereocenters. The molecule has 9 heteroatoms. The minimum absolute atomic E-state index is 0.0802. The molecular weight excluding hydrogens is 412 g/mol. The summed E-state index contributed by atoms with van der Waals surface area (Å²) in [4.78, 5) is 40.5. The van der Waals surface area contributed by atoms with Gasteiger partial charge in [0.2, 0.25) is 5.91 Å². The molecule has 0 radical (unpaired) electrons. The van der Waals surface area contributed by atoms with Crippen molar-refractivity contribution >= 4 is 34.8 Å². The van der Waals surface area contributed by atoms with Gasteiger partial charge < -0.3 is 25.0 Å². The van der Waals surface area contributed by atoms with Crippen LogP contribution in [0.5, 0.6) is 0 Å². The third-order valence-corrected chi connectivity index (χ3v) is 5.51. The highest BCUT2D eigenvalue weighted by Gasteiger charge is 2.39. The number of hydrogen-bond donors (Lipinski definition) is 2. The first-order chi connectivity index (χ1) is 15.5. The Kier molecular flexibility index (Phi) is 6.16. The first-order valence-corrected chi connectivity index (χ1v) is 10.3. The van der Waals surface area contributed by atoms with Crippen molar-refractivity contribution in [3.8, 4) is 6.07 Å². The number of aliphatic hydroxyl groups excluding tert-OH is 1. The van der Waals surface area contributed by atoms with Gasteiger partial charge in [-0.3, -0.25) is 14.4 Å². The smallest absolute Gasteiger partial charge is 0.259 e. The summed E-state index contributed by atoms with van der Waals surface area (Å²) in [5.74, 6) is -1.22. The Balaban J connectivity index is 1.43. The summed E-state index contributed by atoms with van der Waals surface area (Å²) in [6, 6.07) is 15.2. The molecule has 2 saturated heterocycles. The molecule has 0 saturated carbocycles. The molecule has 2 aromatic rings. The average Bonchev–Trinajstić information content (AvgIpc) is 3.25. The van der Waals surface area contributed by atoms with Gasteiger partial charge in [-0.05, 0) is 55.0 Å². The molecule has 164 valence electrons. The van der Waals surface area contributed by atoms with Crippen LogP contribution in [0.2, 0.25) is 0 Å². The number of amides is 3. The van der Waals surface area contributed by atoms with Crippen LogP contribution in [0.15, 0.2) is 48.5 Å². The molecule has 2 aliphatic rings. The number of carbonyl (C=O) groups is 3. The Morgan fingerprint density at radius 1 is 1.06 bits per heavy atom. The van der Waals surface area contributed by atoms with E-state index in [9.17, 15) is 19.5 Å². The molecule has 2 heterocycles. The molecule has 4 rings (SSSR count). The number of ether oxygens (including phenoxy) is 1. The zero-order valence-corrected chi connectivity index (χ0v) is 17.2. The fraction of sp³-hybridized carbons (Fsp3) is 0.304. The van der Waals surface area contributed by atoms with Crippen molar-refractivity contribution in [2.75, 3.05) is 34.8 Å². The lowest BCUT2D eigenvalue weighted by Crippen LogP contribution is -2.55. The number of benzene rings is 2. The summed E-state index contributed by atoms with van der Waals surface area (Å²) >= 11 is 0. The van der Waals surface area contributed by atoms with Crippen molar-refractivity contribution in [2.24, 2.45) is 0 Å². The molecule has 3 amide bonds. The van der Waals surface area contributed by atoms with E-state index in [1.54, 1.807) is 29.2 Å². The van der Waals surface area contributed by atoms with Gasteiger partial charge in [-0.2, -0.15) is 5.26 Å². The summed E-state index contributed by atoms with van der Waals surface area (Å²) in [6.45, 7) is 1.11. The van der Waals surface area contributed by atoms with Crippen LogP contribution < -0.4 is 15.1 Å². The summed E-state index contributed by atoms with van der Waals surface area (Å²) < 4.78 is 5.42. The number of nitriles is 1. The first-order valence-electron chi connectivity index (χ1n) is 10.3. The van der Waals surface area contributed by atoms with Crippen molar-refractivity contribution in [1.82, 2.24) is 0 Å². The minimum atomic E-state index is -1.71. The van der Waals surface area contributed by atoms with Gasteiger partial charge in [-0.15, -0.1) is 0 Å². The molecule has 0 unspecified atom stereocenters. The topological polar surface area (TPSA) is 123 Å². The third-order valence-electron chi connectivity index (χ3n) is 5.51. The molecule has 9 nitrogen and oxygen atoms in total.